The second kappa shape index (κ2) is 7.11. The van der Waals surface area contributed by atoms with E-state index >= 15 is 0 Å². The van der Waals surface area contributed by atoms with Crippen LogP contribution in [0.4, 0.5) is 5.69 Å². The Kier molecular flexibility index (Phi) is 4.94. The summed E-state index contributed by atoms with van der Waals surface area (Å²) in [6.07, 6.45) is 0.255. The van der Waals surface area contributed by atoms with Crippen LogP contribution in [-0.2, 0) is 4.79 Å². The van der Waals surface area contributed by atoms with Crippen molar-refractivity contribution in [3.05, 3.63) is 59.7 Å². The third kappa shape index (κ3) is 4.66. The van der Waals surface area contributed by atoms with Crippen molar-refractivity contribution in [1.29, 1.82) is 5.26 Å². The van der Waals surface area contributed by atoms with E-state index in [9.17, 15) is 4.79 Å². The fraction of sp³-hybridized carbons (Fsp3) is 0.176. The summed E-state index contributed by atoms with van der Waals surface area (Å²) in [5, 5.41) is 11.5. The molecule has 0 aliphatic heterocycles. The molecule has 2 aromatic carbocycles. The van der Waals surface area contributed by atoms with Crippen LogP contribution in [0, 0.1) is 18.3 Å². The van der Waals surface area contributed by atoms with Crippen LogP contribution < -0.4 is 10.1 Å². The number of anilines is 1. The third-order valence-corrected chi connectivity index (χ3v) is 2.86. The van der Waals surface area contributed by atoms with Gasteiger partial charge in [-0.1, -0.05) is 18.2 Å². The van der Waals surface area contributed by atoms with Crippen LogP contribution in [0.3, 0.4) is 0 Å². The summed E-state index contributed by atoms with van der Waals surface area (Å²) in [5.41, 5.74) is 2.25. The van der Waals surface area contributed by atoms with Crippen LogP contribution in [0.1, 0.15) is 17.5 Å². The van der Waals surface area contributed by atoms with E-state index in [0.29, 0.717) is 17.9 Å². The fourth-order valence-electron chi connectivity index (χ4n) is 1.86. The number of nitriles is 1. The molecule has 0 unspecified atom stereocenters. The molecule has 0 bridgehead atoms. The van der Waals surface area contributed by atoms with Gasteiger partial charge in [0.1, 0.15) is 5.75 Å². The van der Waals surface area contributed by atoms with E-state index in [2.05, 4.69) is 5.32 Å². The van der Waals surface area contributed by atoms with Crippen LogP contribution >= 0.6 is 0 Å². The highest BCUT2D eigenvalue weighted by Gasteiger charge is 2.04. The Hall–Kier alpha value is -2.80. The van der Waals surface area contributed by atoms with Crippen molar-refractivity contribution in [2.24, 2.45) is 0 Å². The summed E-state index contributed by atoms with van der Waals surface area (Å²) >= 11 is 0. The minimum Gasteiger partial charge on any atom is -0.493 e. The Labute approximate surface area is 124 Å². The van der Waals surface area contributed by atoms with Crippen molar-refractivity contribution >= 4 is 11.6 Å². The minimum atomic E-state index is -0.141. The summed E-state index contributed by atoms with van der Waals surface area (Å²) in [4.78, 5) is 11.8. The monoisotopic (exact) mass is 280 g/mol. The number of aryl methyl sites for hydroxylation is 1. The summed E-state index contributed by atoms with van der Waals surface area (Å²) in [6.45, 7) is 2.30. The molecule has 21 heavy (non-hydrogen) atoms. The highest BCUT2D eigenvalue weighted by atomic mass is 16.5. The number of hydrogen-bond acceptors (Lipinski definition) is 3. The Morgan fingerprint density at radius 2 is 2.05 bits per heavy atom. The molecule has 0 fully saturated rings. The van der Waals surface area contributed by atoms with Gasteiger partial charge in [-0.15, -0.1) is 0 Å². The molecule has 106 valence electrons. The van der Waals surface area contributed by atoms with E-state index < -0.39 is 0 Å². The summed E-state index contributed by atoms with van der Waals surface area (Å²) in [6, 6.07) is 16.5. The number of nitrogens with one attached hydrogen (secondary N) is 1. The van der Waals surface area contributed by atoms with Gasteiger partial charge in [-0.25, -0.2) is 0 Å². The highest BCUT2D eigenvalue weighted by molar-refractivity contribution is 5.90. The Morgan fingerprint density at radius 1 is 1.24 bits per heavy atom. The van der Waals surface area contributed by atoms with Gasteiger partial charge in [-0.3, -0.25) is 4.79 Å². The third-order valence-electron chi connectivity index (χ3n) is 2.86. The first-order valence-electron chi connectivity index (χ1n) is 6.67. The number of amides is 1. The van der Waals surface area contributed by atoms with Gasteiger partial charge in [-0.2, -0.15) is 5.26 Å². The standard InChI is InChI=1S/C17H16N2O2/c1-13-4-2-7-16(10-13)21-9-8-17(20)19-15-6-3-5-14(11-15)12-18/h2-7,10-11H,8-9H2,1H3,(H,19,20). The number of rotatable bonds is 5. The summed E-state index contributed by atoms with van der Waals surface area (Å²) in [7, 11) is 0. The number of carbonyl (C=O) groups is 1. The molecule has 2 aromatic rings. The number of carbonyl (C=O) groups excluding carboxylic acids is 1. The van der Waals surface area contributed by atoms with Gasteiger partial charge in [0, 0.05) is 5.69 Å². The van der Waals surface area contributed by atoms with Gasteiger partial charge >= 0.3 is 0 Å². The highest BCUT2D eigenvalue weighted by Crippen LogP contribution is 2.13. The van der Waals surface area contributed by atoms with Gasteiger partial charge in [0.15, 0.2) is 0 Å². The SMILES string of the molecule is Cc1cccc(OCCC(=O)Nc2cccc(C#N)c2)c1. The van der Waals surface area contributed by atoms with Gasteiger partial charge in [0.2, 0.25) is 5.91 Å². The van der Waals surface area contributed by atoms with Gasteiger partial charge in [0.25, 0.3) is 0 Å². The van der Waals surface area contributed by atoms with Crippen molar-refractivity contribution in [2.75, 3.05) is 11.9 Å². The van der Waals surface area contributed by atoms with E-state index in [-0.39, 0.29) is 12.3 Å². The van der Waals surface area contributed by atoms with Crippen LogP contribution in [0.25, 0.3) is 0 Å². The first-order chi connectivity index (χ1) is 10.2. The molecular weight excluding hydrogens is 264 g/mol. The van der Waals surface area contributed by atoms with E-state index in [1.165, 1.54) is 0 Å². The van der Waals surface area contributed by atoms with Crippen molar-refractivity contribution in [2.45, 2.75) is 13.3 Å². The molecule has 0 aliphatic rings. The Balaban J connectivity index is 1.81. The van der Waals surface area contributed by atoms with Gasteiger partial charge in [0.05, 0.1) is 24.7 Å². The van der Waals surface area contributed by atoms with Crippen molar-refractivity contribution in [1.82, 2.24) is 0 Å². The first-order valence-corrected chi connectivity index (χ1v) is 6.67. The Morgan fingerprint density at radius 3 is 2.81 bits per heavy atom. The predicted octanol–water partition coefficient (Wildman–Crippen LogP) is 3.27. The molecule has 0 aromatic heterocycles. The molecule has 1 N–H and O–H groups in total. The number of ether oxygens (including phenoxy) is 1. The minimum absolute atomic E-state index is 0.141. The maximum atomic E-state index is 11.8. The second-order valence-corrected chi connectivity index (χ2v) is 4.66. The molecule has 2 rings (SSSR count). The summed E-state index contributed by atoms with van der Waals surface area (Å²) in [5.74, 6) is 0.618. The van der Waals surface area contributed by atoms with Crippen LogP contribution in [-0.4, -0.2) is 12.5 Å². The first kappa shape index (κ1) is 14.6. The fourth-order valence-corrected chi connectivity index (χ4v) is 1.86. The maximum absolute atomic E-state index is 11.8. The molecule has 0 radical (unpaired) electrons. The Bertz CT molecular complexity index is 674. The van der Waals surface area contributed by atoms with E-state index in [1.54, 1.807) is 24.3 Å². The molecule has 0 aliphatic carbocycles. The largest absolute Gasteiger partial charge is 0.493 e. The van der Waals surface area contributed by atoms with E-state index in [4.69, 9.17) is 10.00 Å². The molecule has 0 atom stereocenters. The topological polar surface area (TPSA) is 62.1 Å². The molecule has 0 heterocycles. The quantitative estimate of drug-likeness (QED) is 0.914. The smallest absolute Gasteiger partial charge is 0.227 e. The molecule has 0 saturated heterocycles. The lowest BCUT2D eigenvalue weighted by Crippen LogP contribution is -2.15. The lowest BCUT2D eigenvalue weighted by atomic mass is 10.2. The van der Waals surface area contributed by atoms with Crippen LogP contribution in [0.2, 0.25) is 0 Å². The zero-order chi connectivity index (χ0) is 15.1. The number of benzene rings is 2. The lowest BCUT2D eigenvalue weighted by molar-refractivity contribution is -0.116. The zero-order valence-corrected chi connectivity index (χ0v) is 11.8. The average molecular weight is 280 g/mol. The van der Waals surface area contributed by atoms with Crippen molar-refractivity contribution in [3.8, 4) is 11.8 Å². The van der Waals surface area contributed by atoms with E-state index in [0.717, 1.165) is 11.3 Å². The molecular formula is C17H16N2O2. The number of nitrogens with zero attached hydrogens (tertiary/aromatic N) is 1. The molecule has 4 nitrogen and oxygen atoms in total. The normalized spacial score (nSPS) is 9.71. The van der Waals surface area contributed by atoms with Gasteiger partial charge < -0.3 is 10.1 Å². The zero-order valence-electron chi connectivity index (χ0n) is 11.8. The lowest BCUT2D eigenvalue weighted by Gasteiger charge is -2.08. The molecule has 0 spiro atoms. The van der Waals surface area contributed by atoms with Crippen molar-refractivity contribution < 1.29 is 9.53 Å². The van der Waals surface area contributed by atoms with Crippen molar-refractivity contribution in [3.63, 3.8) is 0 Å². The van der Waals surface area contributed by atoms with Gasteiger partial charge in [-0.05, 0) is 42.8 Å². The number of hydrogen-bond donors (Lipinski definition) is 1. The molecule has 4 heteroatoms. The van der Waals surface area contributed by atoms with Crippen LogP contribution in [0.15, 0.2) is 48.5 Å². The van der Waals surface area contributed by atoms with E-state index in [1.807, 2.05) is 37.3 Å². The summed E-state index contributed by atoms with van der Waals surface area (Å²) < 4.78 is 5.53. The molecule has 1 amide bonds. The molecule has 0 saturated carbocycles. The second-order valence-electron chi connectivity index (χ2n) is 4.66. The van der Waals surface area contributed by atoms with Crippen LogP contribution in [0.5, 0.6) is 5.75 Å². The maximum Gasteiger partial charge on any atom is 0.227 e. The predicted molar refractivity (Wildman–Crippen MR) is 81.1 cm³/mol. The average Bonchev–Trinajstić information content (AvgIpc) is 2.47.